The van der Waals surface area contributed by atoms with E-state index in [1.165, 1.54) is 24.0 Å². The highest BCUT2D eigenvalue weighted by atomic mass is 79.9. The lowest BCUT2D eigenvalue weighted by molar-refractivity contribution is -0.145. The average molecular weight is 504 g/mol. The second-order valence-corrected chi connectivity index (χ2v) is 8.22. The molecule has 0 aliphatic heterocycles. The van der Waals surface area contributed by atoms with Crippen LogP contribution < -0.4 is 10.1 Å². The molecule has 0 atom stereocenters. The fourth-order valence-corrected chi connectivity index (χ4v) is 4.81. The Kier molecular flexibility index (Phi) is 8.08. The third-order valence-electron chi connectivity index (χ3n) is 4.28. The van der Waals surface area contributed by atoms with E-state index in [1.807, 2.05) is 42.5 Å². The van der Waals surface area contributed by atoms with E-state index in [2.05, 4.69) is 33.4 Å². The minimum Gasteiger partial charge on any atom is -0.479 e. The third kappa shape index (κ3) is 5.86. The van der Waals surface area contributed by atoms with Crippen molar-refractivity contribution in [3.63, 3.8) is 0 Å². The van der Waals surface area contributed by atoms with Crippen LogP contribution in [-0.2, 0) is 20.8 Å². The summed E-state index contributed by atoms with van der Waals surface area (Å²) in [6.45, 7) is 2.36. The molecule has 0 bridgehead atoms. The number of hydrogen-bond donors (Lipinski definition) is 1. The van der Waals surface area contributed by atoms with Crippen LogP contribution in [0.4, 0.5) is 5.69 Å². The Morgan fingerprint density at radius 2 is 1.87 bits per heavy atom. The van der Waals surface area contributed by atoms with Gasteiger partial charge in [-0.3, -0.25) is 0 Å². The minimum atomic E-state index is -0.533. The summed E-state index contributed by atoms with van der Waals surface area (Å²) in [6.07, 6.45) is 0. The van der Waals surface area contributed by atoms with E-state index in [-0.39, 0.29) is 23.8 Å². The van der Waals surface area contributed by atoms with Crippen LogP contribution in [0.25, 0.3) is 10.4 Å². The number of esters is 2. The molecule has 3 rings (SSSR count). The van der Waals surface area contributed by atoms with Gasteiger partial charge in [0, 0.05) is 12.2 Å². The maximum absolute atomic E-state index is 12.3. The molecular weight excluding hydrogens is 482 g/mol. The van der Waals surface area contributed by atoms with Gasteiger partial charge in [-0.2, -0.15) is 0 Å². The van der Waals surface area contributed by atoms with Gasteiger partial charge >= 0.3 is 11.9 Å². The van der Waals surface area contributed by atoms with Crippen molar-refractivity contribution in [3.05, 3.63) is 69.5 Å². The number of benzene rings is 2. The van der Waals surface area contributed by atoms with Crippen LogP contribution >= 0.6 is 27.3 Å². The molecule has 0 aliphatic carbocycles. The molecule has 3 aromatic rings. The molecule has 0 spiro atoms. The van der Waals surface area contributed by atoms with Crippen molar-refractivity contribution in [1.29, 1.82) is 0 Å². The topological polar surface area (TPSA) is 73.9 Å². The van der Waals surface area contributed by atoms with Gasteiger partial charge in [-0.15, -0.1) is 11.3 Å². The molecule has 8 heteroatoms. The summed E-state index contributed by atoms with van der Waals surface area (Å²) in [5.74, 6) is -0.776. The molecule has 2 aromatic carbocycles. The van der Waals surface area contributed by atoms with Gasteiger partial charge in [0.25, 0.3) is 0 Å². The van der Waals surface area contributed by atoms with Crippen LogP contribution in [-0.4, -0.2) is 32.3 Å². The highest BCUT2D eigenvalue weighted by Gasteiger charge is 2.25. The predicted molar refractivity (Wildman–Crippen MR) is 125 cm³/mol. The maximum atomic E-state index is 12.3. The van der Waals surface area contributed by atoms with Gasteiger partial charge in [0.05, 0.1) is 23.1 Å². The summed E-state index contributed by atoms with van der Waals surface area (Å²) in [5.41, 5.74) is 3.01. The van der Waals surface area contributed by atoms with Gasteiger partial charge in [-0.25, -0.2) is 9.59 Å². The molecule has 162 valence electrons. The highest BCUT2D eigenvalue weighted by Crippen LogP contribution is 2.46. The monoisotopic (exact) mass is 503 g/mol. The first-order chi connectivity index (χ1) is 15.0. The molecule has 0 unspecified atom stereocenters. The Morgan fingerprint density at radius 1 is 1.10 bits per heavy atom. The van der Waals surface area contributed by atoms with Crippen molar-refractivity contribution in [2.75, 3.05) is 25.6 Å². The number of methoxy groups -OCH3 is 1. The zero-order valence-corrected chi connectivity index (χ0v) is 19.5. The first-order valence-electron chi connectivity index (χ1n) is 9.60. The van der Waals surface area contributed by atoms with Crippen LogP contribution in [0.1, 0.15) is 22.2 Å². The van der Waals surface area contributed by atoms with Crippen LogP contribution in [0.3, 0.4) is 0 Å². The van der Waals surface area contributed by atoms with Gasteiger partial charge in [-0.1, -0.05) is 42.5 Å². The summed E-state index contributed by atoms with van der Waals surface area (Å²) in [7, 11) is 1.30. The Morgan fingerprint density at radius 3 is 2.58 bits per heavy atom. The van der Waals surface area contributed by atoms with Gasteiger partial charge in [-0.05, 0) is 46.1 Å². The van der Waals surface area contributed by atoms with Crippen LogP contribution in [0.15, 0.2) is 59.1 Å². The standard InChI is InChI=1S/C23H22BrNO5S/c1-3-29-18(26)14-30-20-19(24)21(31-22(20)23(27)28-2)16-10-7-11-17(12-16)25-13-15-8-5-4-6-9-15/h4-12,25H,3,13-14H2,1-2H3. The zero-order chi connectivity index (χ0) is 22.2. The van der Waals surface area contributed by atoms with Crippen LogP contribution in [0, 0.1) is 0 Å². The van der Waals surface area contributed by atoms with E-state index in [4.69, 9.17) is 14.2 Å². The zero-order valence-electron chi connectivity index (χ0n) is 17.1. The Balaban J connectivity index is 1.86. The number of hydrogen-bond acceptors (Lipinski definition) is 7. The first kappa shape index (κ1) is 22.8. The maximum Gasteiger partial charge on any atom is 0.351 e. The summed E-state index contributed by atoms with van der Waals surface area (Å²) in [5, 5.41) is 3.41. The largest absolute Gasteiger partial charge is 0.479 e. The molecular formula is C23H22BrNO5S. The summed E-state index contributed by atoms with van der Waals surface area (Å²) in [6, 6.07) is 18.0. The van der Waals surface area contributed by atoms with Gasteiger partial charge in [0.2, 0.25) is 0 Å². The molecule has 1 N–H and O–H groups in total. The number of anilines is 1. The Labute approximate surface area is 193 Å². The molecule has 0 saturated heterocycles. The van der Waals surface area contributed by atoms with E-state index in [1.54, 1.807) is 6.92 Å². The number of ether oxygens (including phenoxy) is 3. The van der Waals surface area contributed by atoms with Crippen molar-refractivity contribution in [2.45, 2.75) is 13.5 Å². The molecule has 0 amide bonds. The number of nitrogens with one attached hydrogen (secondary N) is 1. The number of thiophene rings is 1. The smallest absolute Gasteiger partial charge is 0.351 e. The summed E-state index contributed by atoms with van der Waals surface area (Å²) in [4.78, 5) is 25.1. The number of rotatable bonds is 9. The van der Waals surface area contributed by atoms with Gasteiger partial charge in [0.15, 0.2) is 17.2 Å². The number of carbonyl (C=O) groups is 2. The van der Waals surface area contributed by atoms with E-state index in [0.29, 0.717) is 11.0 Å². The highest BCUT2D eigenvalue weighted by molar-refractivity contribution is 9.10. The second-order valence-electron chi connectivity index (χ2n) is 6.41. The molecule has 0 aliphatic rings. The van der Waals surface area contributed by atoms with E-state index in [9.17, 15) is 9.59 Å². The third-order valence-corrected chi connectivity index (χ3v) is 6.50. The van der Waals surface area contributed by atoms with E-state index >= 15 is 0 Å². The van der Waals surface area contributed by atoms with Crippen molar-refractivity contribution in [1.82, 2.24) is 0 Å². The van der Waals surface area contributed by atoms with Gasteiger partial charge < -0.3 is 19.5 Å². The van der Waals surface area contributed by atoms with Crippen molar-refractivity contribution < 1.29 is 23.8 Å². The van der Waals surface area contributed by atoms with Crippen molar-refractivity contribution in [3.8, 4) is 16.2 Å². The fraction of sp³-hybridized carbons (Fsp3) is 0.217. The van der Waals surface area contributed by atoms with Crippen LogP contribution in [0.2, 0.25) is 0 Å². The first-order valence-corrected chi connectivity index (χ1v) is 11.2. The molecule has 6 nitrogen and oxygen atoms in total. The lowest BCUT2D eigenvalue weighted by atomic mass is 10.1. The lowest BCUT2D eigenvalue weighted by Crippen LogP contribution is -2.15. The second kappa shape index (κ2) is 11.0. The molecule has 0 saturated carbocycles. The van der Waals surface area contributed by atoms with Crippen molar-refractivity contribution >= 4 is 44.9 Å². The minimum absolute atomic E-state index is 0.255. The summed E-state index contributed by atoms with van der Waals surface area (Å²) < 4.78 is 16.0. The Hall–Kier alpha value is -2.84. The number of halogens is 1. The number of carbonyl (C=O) groups excluding carboxylic acids is 2. The quantitative estimate of drug-likeness (QED) is 0.387. The summed E-state index contributed by atoms with van der Waals surface area (Å²) >= 11 is 4.76. The molecule has 1 aromatic heterocycles. The molecule has 31 heavy (non-hydrogen) atoms. The molecule has 0 fully saturated rings. The Bertz CT molecular complexity index is 1050. The molecule has 0 radical (unpaired) electrons. The van der Waals surface area contributed by atoms with E-state index in [0.717, 1.165) is 16.1 Å². The SMILES string of the molecule is CCOC(=O)COc1c(C(=O)OC)sc(-c2cccc(NCc3ccccc3)c2)c1Br. The normalized spacial score (nSPS) is 10.4. The van der Waals surface area contributed by atoms with Crippen molar-refractivity contribution in [2.24, 2.45) is 0 Å². The van der Waals surface area contributed by atoms with E-state index < -0.39 is 11.9 Å². The average Bonchev–Trinajstić information content (AvgIpc) is 3.13. The predicted octanol–water partition coefficient (Wildman–Crippen LogP) is 5.52. The fourth-order valence-electron chi connectivity index (χ4n) is 2.84. The molecule has 1 heterocycles. The van der Waals surface area contributed by atoms with Gasteiger partial charge in [0.1, 0.15) is 0 Å². The van der Waals surface area contributed by atoms with Crippen LogP contribution in [0.5, 0.6) is 5.75 Å². The lowest BCUT2D eigenvalue weighted by Gasteiger charge is -2.09.